The number of aliphatic hydroxyl groups is 1. The van der Waals surface area contributed by atoms with E-state index >= 15 is 0 Å². The number of amides is 1. The summed E-state index contributed by atoms with van der Waals surface area (Å²) < 4.78 is 10.2. The highest BCUT2D eigenvalue weighted by atomic mass is 16.5. The zero-order valence-corrected chi connectivity index (χ0v) is 12.7. The van der Waals surface area contributed by atoms with E-state index in [-0.39, 0.29) is 25.0 Å². The summed E-state index contributed by atoms with van der Waals surface area (Å²) in [5.41, 5.74) is 1.28. The maximum atomic E-state index is 11.7. The summed E-state index contributed by atoms with van der Waals surface area (Å²) >= 11 is 0. The van der Waals surface area contributed by atoms with Gasteiger partial charge in [-0.05, 0) is 31.5 Å². The lowest BCUT2D eigenvalue weighted by molar-refractivity contribution is -0.121. The number of hydrogen-bond donors (Lipinski definition) is 2. The van der Waals surface area contributed by atoms with Gasteiger partial charge in [-0.25, -0.2) is 0 Å². The quantitative estimate of drug-likeness (QED) is 0.815. The molecule has 1 heterocycles. The molecule has 1 aromatic heterocycles. The van der Waals surface area contributed by atoms with Crippen LogP contribution in [0.3, 0.4) is 0 Å². The Labute approximate surface area is 129 Å². The van der Waals surface area contributed by atoms with E-state index < -0.39 is 6.10 Å². The Morgan fingerprint density at radius 1 is 1.32 bits per heavy atom. The maximum absolute atomic E-state index is 11.7. The fraction of sp³-hybridized carbons (Fsp3) is 0.375. The zero-order chi connectivity index (χ0) is 15.9. The van der Waals surface area contributed by atoms with Gasteiger partial charge < -0.3 is 19.7 Å². The van der Waals surface area contributed by atoms with Gasteiger partial charge in [-0.2, -0.15) is 0 Å². The average molecular weight is 304 g/mol. The fourth-order valence-electron chi connectivity index (χ4n) is 1.92. The first-order valence-corrected chi connectivity index (χ1v) is 7.15. The molecule has 0 radical (unpaired) electrons. The van der Waals surface area contributed by atoms with Crippen molar-refractivity contribution in [3.8, 4) is 5.75 Å². The molecule has 1 amide bonds. The summed E-state index contributed by atoms with van der Waals surface area (Å²) in [6.45, 7) is 4.04. The minimum atomic E-state index is -0.769. The van der Waals surface area contributed by atoms with E-state index in [1.165, 1.54) is 6.26 Å². The van der Waals surface area contributed by atoms with Crippen LogP contribution in [0.4, 0.5) is 0 Å². The molecule has 0 aliphatic heterocycles. The SMILES string of the molecule is CC(C)Oc1ccc([C@H](O)CNC(=O)Cc2ccon2)cc1. The molecule has 0 saturated heterocycles. The third kappa shape index (κ3) is 4.89. The largest absolute Gasteiger partial charge is 0.491 e. The topological polar surface area (TPSA) is 84.6 Å². The van der Waals surface area contributed by atoms with Crippen molar-refractivity contribution in [3.05, 3.63) is 47.9 Å². The molecule has 0 unspecified atom stereocenters. The van der Waals surface area contributed by atoms with Crippen molar-refractivity contribution in [1.29, 1.82) is 0 Å². The van der Waals surface area contributed by atoms with Crippen LogP contribution in [0.25, 0.3) is 0 Å². The van der Waals surface area contributed by atoms with Gasteiger partial charge in [-0.3, -0.25) is 4.79 Å². The number of rotatable bonds is 7. The lowest BCUT2D eigenvalue weighted by Crippen LogP contribution is -2.29. The normalized spacial score (nSPS) is 12.2. The number of benzene rings is 1. The Morgan fingerprint density at radius 3 is 2.64 bits per heavy atom. The number of nitrogens with zero attached hydrogens (tertiary/aromatic N) is 1. The first kappa shape index (κ1) is 16.0. The van der Waals surface area contributed by atoms with Gasteiger partial charge in [0.2, 0.25) is 5.91 Å². The molecule has 0 saturated carbocycles. The highest BCUT2D eigenvalue weighted by molar-refractivity contribution is 5.78. The number of hydrogen-bond acceptors (Lipinski definition) is 5. The Morgan fingerprint density at radius 2 is 2.05 bits per heavy atom. The van der Waals surface area contributed by atoms with Gasteiger partial charge in [-0.15, -0.1) is 0 Å². The molecule has 2 N–H and O–H groups in total. The summed E-state index contributed by atoms with van der Waals surface area (Å²) in [4.78, 5) is 11.7. The molecule has 0 fully saturated rings. The molecule has 22 heavy (non-hydrogen) atoms. The predicted octanol–water partition coefficient (Wildman–Crippen LogP) is 1.85. The van der Waals surface area contributed by atoms with E-state index in [4.69, 9.17) is 4.74 Å². The van der Waals surface area contributed by atoms with Gasteiger partial charge in [-0.1, -0.05) is 17.3 Å². The van der Waals surface area contributed by atoms with Crippen LogP contribution in [0.5, 0.6) is 5.75 Å². The second kappa shape index (κ2) is 7.61. The Bertz CT molecular complexity index is 579. The summed E-state index contributed by atoms with van der Waals surface area (Å²) in [5.74, 6) is 0.536. The number of carbonyl (C=O) groups excluding carboxylic acids is 1. The molecular weight excluding hydrogens is 284 g/mol. The molecule has 118 valence electrons. The molecule has 1 atom stereocenters. The van der Waals surface area contributed by atoms with Crippen LogP contribution in [0.2, 0.25) is 0 Å². The maximum Gasteiger partial charge on any atom is 0.226 e. The minimum Gasteiger partial charge on any atom is -0.491 e. The summed E-state index contributed by atoms with van der Waals surface area (Å²) in [6, 6.07) is 8.80. The van der Waals surface area contributed by atoms with Crippen molar-refractivity contribution < 1.29 is 19.2 Å². The molecule has 1 aromatic carbocycles. The monoisotopic (exact) mass is 304 g/mol. The third-order valence-electron chi connectivity index (χ3n) is 2.96. The van der Waals surface area contributed by atoms with E-state index in [0.717, 1.165) is 11.3 Å². The van der Waals surface area contributed by atoms with Gasteiger partial charge in [0.1, 0.15) is 12.0 Å². The molecule has 0 spiro atoms. The third-order valence-corrected chi connectivity index (χ3v) is 2.96. The average Bonchev–Trinajstić information content (AvgIpc) is 2.98. The highest BCUT2D eigenvalue weighted by Crippen LogP contribution is 2.18. The number of ether oxygens (including phenoxy) is 1. The number of aliphatic hydroxyl groups excluding tert-OH is 1. The Balaban J connectivity index is 1.81. The van der Waals surface area contributed by atoms with Crippen LogP contribution in [0.15, 0.2) is 41.1 Å². The molecule has 0 bridgehead atoms. The van der Waals surface area contributed by atoms with E-state index in [0.29, 0.717) is 5.69 Å². The lowest BCUT2D eigenvalue weighted by atomic mass is 10.1. The second-order valence-corrected chi connectivity index (χ2v) is 5.22. The van der Waals surface area contributed by atoms with Crippen molar-refractivity contribution >= 4 is 5.91 Å². The first-order valence-electron chi connectivity index (χ1n) is 7.15. The molecule has 6 nitrogen and oxygen atoms in total. The first-order chi connectivity index (χ1) is 10.5. The van der Waals surface area contributed by atoms with Crippen molar-refractivity contribution in [2.75, 3.05) is 6.54 Å². The van der Waals surface area contributed by atoms with Gasteiger partial charge in [0, 0.05) is 12.6 Å². The summed E-state index contributed by atoms with van der Waals surface area (Å²) in [7, 11) is 0. The van der Waals surface area contributed by atoms with E-state index in [1.807, 2.05) is 13.8 Å². The number of nitrogens with one attached hydrogen (secondary N) is 1. The minimum absolute atomic E-state index is 0.103. The van der Waals surface area contributed by atoms with Gasteiger partial charge in [0.15, 0.2) is 0 Å². The van der Waals surface area contributed by atoms with E-state index in [1.54, 1.807) is 30.3 Å². The van der Waals surface area contributed by atoms with Crippen molar-refractivity contribution in [2.45, 2.75) is 32.5 Å². The van der Waals surface area contributed by atoms with Crippen LogP contribution in [-0.2, 0) is 11.2 Å². The molecule has 2 rings (SSSR count). The van der Waals surface area contributed by atoms with Gasteiger partial charge >= 0.3 is 0 Å². The smallest absolute Gasteiger partial charge is 0.226 e. The summed E-state index contributed by atoms with van der Waals surface area (Å²) in [6.07, 6.45) is 0.878. The molecule has 6 heteroatoms. The van der Waals surface area contributed by atoms with Crippen LogP contribution in [0, 0.1) is 0 Å². The van der Waals surface area contributed by atoms with Crippen molar-refractivity contribution in [1.82, 2.24) is 10.5 Å². The molecule has 0 aliphatic rings. The standard InChI is InChI=1S/C16H20N2O4/c1-11(2)22-14-5-3-12(4-6-14)15(19)10-17-16(20)9-13-7-8-21-18-13/h3-8,11,15,19H,9-10H2,1-2H3,(H,17,20)/t15-/m1/s1. The van der Waals surface area contributed by atoms with Crippen molar-refractivity contribution in [3.63, 3.8) is 0 Å². The Hall–Kier alpha value is -2.34. The Kier molecular flexibility index (Phi) is 5.55. The molecule has 0 aliphatic carbocycles. The predicted molar refractivity (Wildman–Crippen MR) is 80.4 cm³/mol. The van der Waals surface area contributed by atoms with Crippen LogP contribution in [-0.4, -0.2) is 28.8 Å². The van der Waals surface area contributed by atoms with Gasteiger partial charge in [0.25, 0.3) is 0 Å². The molecule has 2 aromatic rings. The van der Waals surface area contributed by atoms with Gasteiger partial charge in [0.05, 0.1) is 24.3 Å². The second-order valence-electron chi connectivity index (χ2n) is 5.22. The van der Waals surface area contributed by atoms with Crippen LogP contribution in [0.1, 0.15) is 31.2 Å². The number of aromatic nitrogens is 1. The summed E-state index contributed by atoms with van der Waals surface area (Å²) in [5, 5.41) is 16.4. The fourth-order valence-corrected chi connectivity index (χ4v) is 1.92. The van der Waals surface area contributed by atoms with Crippen LogP contribution >= 0.6 is 0 Å². The van der Waals surface area contributed by atoms with Crippen LogP contribution < -0.4 is 10.1 Å². The van der Waals surface area contributed by atoms with E-state index in [9.17, 15) is 9.90 Å². The molecular formula is C16H20N2O4. The lowest BCUT2D eigenvalue weighted by Gasteiger charge is -2.14. The van der Waals surface area contributed by atoms with E-state index in [2.05, 4.69) is 15.0 Å². The zero-order valence-electron chi connectivity index (χ0n) is 12.7. The van der Waals surface area contributed by atoms with Crippen molar-refractivity contribution in [2.24, 2.45) is 0 Å². The highest BCUT2D eigenvalue weighted by Gasteiger charge is 2.11. The number of carbonyl (C=O) groups is 1.